The van der Waals surface area contributed by atoms with E-state index in [-0.39, 0.29) is 0 Å². The van der Waals surface area contributed by atoms with Gasteiger partial charge in [-0.15, -0.1) is 0 Å². The van der Waals surface area contributed by atoms with Crippen molar-refractivity contribution in [2.24, 2.45) is 0 Å². The predicted molar refractivity (Wildman–Crippen MR) is 103 cm³/mol. The summed E-state index contributed by atoms with van der Waals surface area (Å²) in [6.45, 7) is 7.70. The topological polar surface area (TPSA) is 27.3 Å². The smallest absolute Gasteiger partial charge is 0.0487 e. The van der Waals surface area contributed by atoms with Crippen LogP contribution in [0, 0.1) is 0 Å². The first-order valence-corrected chi connectivity index (χ1v) is 9.18. The lowest BCUT2D eigenvalue weighted by atomic mass is 10.0. The van der Waals surface area contributed by atoms with E-state index in [4.69, 9.17) is 11.6 Å². The number of piperazine rings is 1. The van der Waals surface area contributed by atoms with Crippen molar-refractivity contribution in [3.05, 3.63) is 59.1 Å². The third-order valence-electron chi connectivity index (χ3n) is 4.48. The van der Waals surface area contributed by atoms with Gasteiger partial charge in [-0.1, -0.05) is 54.1 Å². The van der Waals surface area contributed by atoms with Crippen molar-refractivity contribution in [1.82, 2.24) is 15.5 Å². The number of nitrogens with zero attached hydrogens (tertiary/aromatic N) is 1. The summed E-state index contributed by atoms with van der Waals surface area (Å²) in [5.74, 6) is 0. The van der Waals surface area contributed by atoms with E-state index >= 15 is 0 Å². The minimum Gasteiger partial charge on any atom is -0.314 e. The maximum Gasteiger partial charge on any atom is 0.0487 e. The Hall–Kier alpha value is -1.39. The monoisotopic (exact) mass is 343 g/mol. The zero-order valence-corrected chi connectivity index (χ0v) is 14.9. The van der Waals surface area contributed by atoms with Crippen LogP contribution in [0.3, 0.4) is 0 Å². The van der Waals surface area contributed by atoms with Gasteiger partial charge in [0.2, 0.25) is 0 Å². The van der Waals surface area contributed by atoms with Crippen LogP contribution in [-0.4, -0.2) is 44.2 Å². The number of halogens is 1. The summed E-state index contributed by atoms with van der Waals surface area (Å²) in [4.78, 5) is 2.53. The van der Waals surface area contributed by atoms with Crippen LogP contribution in [-0.2, 0) is 6.54 Å². The molecule has 1 heterocycles. The van der Waals surface area contributed by atoms with Crippen LogP contribution in [0.15, 0.2) is 48.5 Å². The van der Waals surface area contributed by atoms with Gasteiger partial charge in [0.25, 0.3) is 0 Å². The summed E-state index contributed by atoms with van der Waals surface area (Å²) in [6, 6.07) is 16.7. The van der Waals surface area contributed by atoms with E-state index in [1.807, 2.05) is 18.2 Å². The highest BCUT2D eigenvalue weighted by Crippen LogP contribution is 2.28. The van der Waals surface area contributed by atoms with Gasteiger partial charge in [-0.2, -0.15) is 0 Å². The number of hydrogen-bond acceptors (Lipinski definition) is 3. The average Bonchev–Trinajstić information content (AvgIpc) is 2.63. The third kappa shape index (κ3) is 5.05. The molecule has 0 spiro atoms. The molecule has 0 saturated carbocycles. The van der Waals surface area contributed by atoms with Crippen molar-refractivity contribution < 1.29 is 0 Å². The molecule has 0 amide bonds. The van der Waals surface area contributed by atoms with Crippen LogP contribution in [0.1, 0.15) is 12.0 Å². The van der Waals surface area contributed by atoms with Gasteiger partial charge >= 0.3 is 0 Å². The molecule has 4 heteroatoms. The summed E-state index contributed by atoms with van der Waals surface area (Å²) in [5.41, 5.74) is 3.50. The molecule has 1 aliphatic heterocycles. The predicted octanol–water partition coefficient (Wildman–Crippen LogP) is 3.39. The second-order valence-corrected chi connectivity index (χ2v) is 6.71. The van der Waals surface area contributed by atoms with Crippen molar-refractivity contribution >= 4 is 11.6 Å². The maximum atomic E-state index is 6.47. The molecule has 2 aromatic rings. The fourth-order valence-corrected chi connectivity index (χ4v) is 3.43. The van der Waals surface area contributed by atoms with Gasteiger partial charge in [-0.05, 0) is 36.7 Å². The lowest BCUT2D eigenvalue weighted by molar-refractivity contribution is 0.237. The molecule has 1 aliphatic rings. The summed E-state index contributed by atoms with van der Waals surface area (Å²) >= 11 is 6.47. The third-order valence-corrected chi connectivity index (χ3v) is 4.80. The van der Waals surface area contributed by atoms with E-state index in [0.717, 1.165) is 42.3 Å². The molecule has 3 rings (SSSR count). The molecule has 24 heavy (non-hydrogen) atoms. The summed E-state index contributed by atoms with van der Waals surface area (Å²) in [6.07, 6.45) is 1.19. The Kier molecular flexibility index (Phi) is 6.67. The molecule has 1 fully saturated rings. The number of hydrogen-bond donors (Lipinski definition) is 2. The maximum absolute atomic E-state index is 6.47. The molecular formula is C20H26ClN3. The zero-order valence-electron chi connectivity index (χ0n) is 14.1. The summed E-state index contributed by atoms with van der Waals surface area (Å²) in [5, 5.41) is 7.74. The van der Waals surface area contributed by atoms with Crippen molar-refractivity contribution in [3.8, 4) is 11.1 Å². The van der Waals surface area contributed by atoms with Crippen LogP contribution < -0.4 is 10.6 Å². The number of benzene rings is 2. The van der Waals surface area contributed by atoms with Gasteiger partial charge < -0.3 is 15.5 Å². The second kappa shape index (κ2) is 9.19. The molecule has 0 radical (unpaired) electrons. The van der Waals surface area contributed by atoms with E-state index < -0.39 is 0 Å². The first-order valence-electron chi connectivity index (χ1n) is 8.80. The van der Waals surface area contributed by atoms with Gasteiger partial charge in [0.1, 0.15) is 0 Å². The van der Waals surface area contributed by atoms with Crippen LogP contribution in [0.4, 0.5) is 0 Å². The fraction of sp³-hybridized carbons (Fsp3) is 0.400. The van der Waals surface area contributed by atoms with E-state index in [1.165, 1.54) is 31.6 Å². The Morgan fingerprint density at radius 1 is 1.04 bits per heavy atom. The van der Waals surface area contributed by atoms with Gasteiger partial charge in [0, 0.05) is 43.3 Å². The van der Waals surface area contributed by atoms with Crippen molar-refractivity contribution in [3.63, 3.8) is 0 Å². The normalized spacial score (nSPS) is 15.5. The van der Waals surface area contributed by atoms with E-state index in [2.05, 4.69) is 45.9 Å². The molecule has 3 nitrogen and oxygen atoms in total. The van der Waals surface area contributed by atoms with Gasteiger partial charge in [0.15, 0.2) is 0 Å². The molecule has 128 valence electrons. The Morgan fingerprint density at radius 3 is 2.58 bits per heavy atom. The molecule has 2 N–H and O–H groups in total. The zero-order chi connectivity index (χ0) is 16.6. The highest BCUT2D eigenvalue weighted by atomic mass is 35.5. The summed E-state index contributed by atoms with van der Waals surface area (Å²) < 4.78 is 0. The van der Waals surface area contributed by atoms with Crippen molar-refractivity contribution in [2.45, 2.75) is 13.0 Å². The van der Waals surface area contributed by atoms with Gasteiger partial charge in [-0.3, -0.25) is 0 Å². The average molecular weight is 344 g/mol. The van der Waals surface area contributed by atoms with E-state index in [1.54, 1.807) is 0 Å². The quantitative estimate of drug-likeness (QED) is 0.755. The first kappa shape index (κ1) is 17.4. The van der Waals surface area contributed by atoms with Crippen LogP contribution in [0.2, 0.25) is 5.02 Å². The number of rotatable bonds is 7. The standard InChI is InChI=1S/C20H26ClN3/c21-20-15-17(7-8-19(20)18-5-2-1-3-6-18)16-23-9-4-12-24-13-10-22-11-14-24/h1-3,5-8,15,22-23H,4,9-14,16H2. The Balaban J connectivity index is 1.43. The minimum atomic E-state index is 0.821. The van der Waals surface area contributed by atoms with Crippen LogP contribution in [0.5, 0.6) is 0 Å². The van der Waals surface area contributed by atoms with E-state index in [0.29, 0.717) is 0 Å². The van der Waals surface area contributed by atoms with E-state index in [9.17, 15) is 0 Å². The Bertz CT molecular complexity index is 624. The highest BCUT2D eigenvalue weighted by Gasteiger charge is 2.08. The lowest BCUT2D eigenvalue weighted by Gasteiger charge is -2.27. The minimum absolute atomic E-state index is 0.821. The summed E-state index contributed by atoms with van der Waals surface area (Å²) in [7, 11) is 0. The molecule has 0 unspecified atom stereocenters. The SMILES string of the molecule is Clc1cc(CNCCCN2CCNCC2)ccc1-c1ccccc1. The van der Waals surface area contributed by atoms with Gasteiger partial charge in [0.05, 0.1) is 0 Å². The van der Waals surface area contributed by atoms with Crippen molar-refractivity contribution in [1.29, 1.82) is 0 Å². The first-order chi connectivity index (χ1) is 11.8. The molecule has 0 aromatic heterocycles. The lowest BCUT2D eigenvalue weighted by Crippen LogP contribution is -2.44. The molecule has 2 aromatic carbocycles. The van der Waals surface area contributed by atoms with Crippen molar-refractivity contribution in [2.75, 3.05) is 39.3 Å². The Morgan fingerprint density at radius 2 is 1.83 bits per heavy atom. The van der Waals surface area contributed by atoms with Gasteiger partial charge in [-0.25, -0.2) is 0 Å². The number of nitrogens with one attached hydrogen (secondary N) is 2. The molecule has 0 atom stereocenters. The second-order valence-electron chi connectivity index (χ2n) is 6.30. The van der Waals surface area contributed by atoms with Crippen LogP contribution in [0.25, 0.3) is 11.1 Å². The van der Waals surface area contributed by atoms with Crippen LogP contribution >= 0.6 is 11.6 Å². The largest absolute Gasteiger partial charge is 0.314 e. The molecule has 0 aliphatic carbocycles. The molecule has 0 bridgehead atoms. The highest BCUT2D eigenvalue weighted by molar-refractivity contribution is 6.33. The fourth-order valence-electron chi connectivity index (χ4n) is 3.12. The molecular weight excluding hydrogens is 318 g/mol. The molecule has 1 saturated heterocycles. The Labute approximate surface area is 150 Å².